The van der Waals surface area contributed by atoms with Crippen LogP contribution >= 0.6 is 11.3 Å². The maximum Gasteiger partial charge on any atom is 0.0798 e. The van der Waals surface area contributed by atoms with E-state index in [0.29, 0.717) is 6.04 Å². The number of rotatable bonds is 4. The first-order valence-electron chi connectivity index (χ1n) is 6.32. The topological polar surface area (TPSA) is 39.6 Å². The Hall–Kier alpha value is -0.910. The Morgan fingerprint density at radius 1 is 1.61 bits per heavy atom. The number of thiazole rings is 1. The lowest BCUT2D eigenvalue weighted by Crippen LogP contribution is -2.55. The van der Waals surface area contributed by atoms with Gasteiger partial charge < -0.3 is 10.0 Å². The molecule has 0 bridgehead atoms. The molecule has 2 rings (SSSR count). The van der Waals surface area contributed by atoms with Crippen LogP contribution in [0.2, 0.25) is 0 Å². The maximum absolute atomic E-state index is 9.59. The minimum Gasteiger partial charge on any atom is -0.394 e. The molecule has 0 aliphatic carbocycles. The molecule has 1 unspecified atom stereocenters. The van der Waals surface area contributed by atoms with E-state index in [2.05, 4.69) is 35.2 Å². The SMILES string of the molecule is C=C(c1cncs1)N1CCN(C(C)C)CC1CO. The molecule has 1 N–H and O–H groups in total. The van der Waals surface area contributed by atoms with Gasteiger partial charge in [-0.25, -0.2) is 0 Å². The quantitative estimate of drug-likeness (QED) is 0.897. The molecular formula is C13H21N3OS. The second kappa shape index (κ2) is 5.82. The number of aliphatic hydroxyl groups excluding tert-OH is 1. The van der Waals surface area contributed by atoms with Crippen LogP contribution in [0.15, 0.2) is 18.3 Å². The van der Waals surface area contributed by atoms with Gasteiger partial charge in [0.2, 0.25) is 0 Å². The molecule has 1 fully saturated rings. The van der Waals surface area contributed by atoms with Crippen LogP contribution in [0, 0.1) is 0 Å². The summed E-state index contributed by atoms with van der Waals surface area (Å²) in [5.74, 6) is 0. The first kappa shape index (κ1) is 13.5. The van der Waals surface area contributed by atoms with Gasteiger partial charge in [-0.1, -0.05) is 6.58 Å². The summed E-state index contributed by atoms with van der Waals surface area (Å²) < 4.78 is 0. The summed E-state index contributed by atoms with van der Waals surface area (Å²) in [5.41, 5.74) is 2.80. The number of nitrogens with zero attached hydrogens (tertiary/aromatic N) is 3. The smallest absolute Gasteiger partial charge is 0.0798 e. The standard InChI is InChI=1S/C13H21N3OS/c1-10(2)15-4-5-16(12(7-15)8-17)11(3)13-6-14-9-18-13/h6,9-10,12,17H,3-5,7-8H2,1-2H3. The molecule has 2 heterocycles. The molecule has 1 saturated heterocycles. The van der Waals surface area contributed by atoms with Gasteiger partial charge in [-0.15, -0.1) is 11.3 Å². The zero-order chi connectivity index (χ0) is 13.1. The molecule has 0 spiro atoms. The van der Waals surface area contributed by atoms with Gasteiger partial charge in [-0.05, 0) is 13.8 Å². The summed E-state index contributed by atoms with van der Waals surface area (Å²) in [5, 5.41) is 9.59. The molecule has 100 valence electrons. The fraction of sp³-hybridized carbons (Fsp3) is 0.615. The zero-order valence-corrected chi connectivity index (χ0v) is 11.9. The van der Waals surface area contributed by atoms with Crippen molar-refractivity contribution in [2.75, 3.05) is 26.2 Å². The van der Waals surface area contributed by atoms with Crippen LogP contribution < -0.4 is 0 Å². The Labute approximate surface area is 113 Å². The summed E-state index contributed by atoms with van der Waals surface area (Å²) in [6.45, 7) is 11.5. The van der Waals surface area contributed by atoms with Crippen LogP contribution in [0.1, 0.15) is 18.7 Å². The van der Waals surface area contributed by atoms with Crippen molar-refractivity contribution in [2.24, 2.45) is 0 Å². The number of hydrogen-bond donors (Lipinski definition) is 1. The van der Waals surface area contributed by atoms with Gasteiger partial charge in [0.25, 0.3) is 0 Å². The molecule has 0 amide bonds. The zero-order valence-electron chi connectivity index (χ0n) is 11.0. The highest BCUT2D eigenvalue weighted by atomic mass is 32.1. The van der Waals surface area contributed by atoms with E-state index in [1.54, 1.807) is 11.3 Å². The van der Waals surface area contributed by atoms with Crippen molar-refractivity contribution in [3.8, 4) is 0 Å². The molecule has 4 nitrogen and oxygen atoms in total. The van der Waals surface area contributed by atoms with Crippen LogP contribution in [0.3, 0.4) is 0 Å². The van der Waals surface area contributed by atoms with Crippen LogP contribution in [0.5, 0.6) is 0 Å². The highest BCUT2D eigenvalue weighted by Gasteiger charge is 2.29. The predicted molar refractivity (Wildman–Crippen MR) is 75.4 cm³/mol. The van der Waals surface area contributed by atoms with Crippen molar-refractivity contribution in [3.63, 3.8) is 0 Å². The minimum atomic E-state index is 0.135. The average Bonchev–Trinajstić information content (AvgIpc) is 2.90. The second-order valence-corrected chi connectivity index (χ2v) is 5.82. The third-order valence-corrected chi connectivity index (χ3v) is 4.34. The van der Waals surface area contributed by atoms with Crippen molar-refractivity contribution in [2.45, 2.75) is 25.9 Å². The minimum absolute atomic E-state index is 0.135. The number of hydrogen-bond acceptors (Lipinski definition) is 5. The van der Waals surface area contributed by atoms with E-state index >= 15 is 0 Å². The molecular weight excluding hydrogens is 246 g/mol. The summed E-state index contributed by atoms with van der Waals surface area (Å²) in [7, 11) is 0. The molecule has 1 aromatic rings. The molecule has 0 aromatic carbocycles. The van der Waals surface area contributed by atoms with Crippen LogP contribution in [0.25, 0.3) is 5.70 Å². The lowest BCUT2D eigenvalue weighted by molar-refractivity contribution is 0.0616. The second-order valence-electron chi connectivity index (χ2n) is 4.93. The van der Waals surface area contributed by atoms with Crippen molar-refractivity contribution in [1.29, 1.82) is 0 Å². The molecule has 0 saturated carbocycles. The van der Waals surface area contributed by atoms with E-state index in [1.165, 1.54) is 0 Å². The Balaban J connectivity index is 2.07. The summed E-state index contributed by atoms with van der Waals surface area (Å²) >= 11 is 1.60. The highest BCUT2D eigenvalue weighted by molar-refractivity contribution is 7.10. The van der Waals surface area contributed by atoms with E-state index in [9.17, 15) is 5.11 Å². The lowest BCUT2D eigenvalue weighted by Gasteiger charge is -2.44. The Bertz CT molecular complexity index is 391. The van der Waals surface area contributed by atoms with Gasteiger partial charge in [0.05, 0.1) is 23.0 Å². The van der Waals surface area contributed by atoms with Crippen molar-refractivity contribution in [1.82, 2.24) is 14.8 Å². The van der Waals surface area contributed by atoms with E-state index in [4.69, 9.17) is 0 Å². The van der Waals surface area contributed by atoms with Gasteiger partial charge in [0.15, 0.2) is 0 Å². The average molecular weight is 267 g/mol. The third kappa shape index (κ3) is 2.74. The summed E-state index contributed by atoms with van der Waals surface area (Å²) in [6.07, 6.45) is 1.84. The Morgan fingerprint density at radius 2 is 2.39 bits per heavy atom. The normalized spacial score (nSPS) is 21.6. The molecule has 1 aliphatic rings. The van der Waals surface area contributed by atoms with Crippen LogP contribution in [0.4, 0.5) is 0 Å². The van der Waals surface area contributed by atoms with Gasteiger partial charge in [0, 0.05) is 37.6 Å². The van der Waals surface area contributed by atoms with E-state index < -0.39 is 0 Å². The molecule has 5 heteroatoms. The van der Waals surface area contributed by atoms with E-state index in [-0.39, 0.29) is 12.6 Å². The third-order valence-electron chi connectivity index (χ3n) is 3.52. The number of aliphatic hydroxyl groups is 1. The van der Waals surface area contributed by atoms with E-state index in [0.717, 1.165) is 30.2 Å². The molecule has 1 aromatic heterocycles. The Kier molecular flexibility index (Phi) is 4.37. The summed E-state index contributed by atoms with van der Waals surface area (Å²) in [6, 6.07) is 0.661. The fourth-order valence-corrected chi connectivity index (χ4v) is 2.97. The monoisotopic (exact) mass is 267 g/mol. The van der Waals surface area contributed by atoms with Gasteiger partial charge in [-0.2, -0.15) is 0 Å². The predicted octanol–water partition coefficient (Wildman–Crippen LogP) is 1.50. The summed E-state index contributed by atoms with van der Waals surface area (Å²) in [4.78, 5) is 9.79. The maximum atomic E-state index is 9.59. The Morgan fingerprint density at radius 3 is 2.94 bits per heavy atom. The molecule has 18 heavy (non-hydrogen) atoms. The first-order valence-corrected chi connectivity index (χ1v) is 7.20. The number of aromatic nitrogens is 1. The van der Waals surface area contributed by atoms with E-state index in [1.807, 2.05) is 11.7 Å². The van der Waals surface area contributed by atoms with Gasteiger partial charge in [-0.3, -0.25) is 9.88 Å². The largest absolute Gasteiger partial charge is 0.394 e. The fourth-order valence-electron chi connectivity index (χ4n) is 2.36. The van der Waals surface area contributed by atoms with Gasteiger partial charge >= 0.3 is 0 Å². The first-order chi connectivity index (χ1) is 8.63. The lowest BCUT2D eigenvalue weighted by atomic mass is 10.1. The van der Waals surface area contributed by atoms with Gasteiger partial charge in [0.1, 0.15) is 0 Å². The van der Waals surface area contributed by atoms with Crippen molar-refractivity contribution in [3.05, 3.63) is 23.2 Å². The van der Waals surface area contributed by atoms with Crippen molar-refractivity contribution < 1.29 is 5.11 Å². The van der Waals surface area contributed by atoms with Crippen LogP contribution in [-0.4, -0.2) is 58.2 Å². The molecule has 1 atom stereocenters. The van der Waals surface area contributed by atoms with Crippen molar-refractivity contribution >= 4 is 17.0 Å². The number of piperazine rings is 1. The highest BCUT2D eigenvalue weighted by Crippen LogP contribution is 2.25. The van der Waals surface area contributed by atoms with Crippen LogP contribution in [-0.2, 0) is 0 Å². The molecule has 0 radical (unpaired) electrons. The molecule has 1 aliphatic heterocycles.